The molecule has 1 aliphatic rings. The van der Waals surface area contributed by atoms with Gasteiger partial charge in [-0.3, -0.25) is 0 Å². The van der Waals surface area contributed by atoms with Gasteiger partial charge < -0.3 is 10.6 Å². The van der Waals surface area contributed by atoms with Crippen molar-refractivity contribution >= 4 is 23.8 Å². The first-order chi connectivity index (χ1) is 9.27. The Morgan fingerprint density at radius 2 is 1.80 bits per heavy atom. The molecule has 0 radical (unpaired) electrons. The molecule has 0 aliphatic carbocycles. The van der Waals surface area contributed by atoms with Crippen molar-refractivity contribution in [3.05, 3.63) is 59.7 Å². The number of hydrogen-bond acceptors (Lipinski definition) is 2. The Balaban J connectivity index is 0.00000147. The Bertz CT molecular complexity index is 568. The van der Waals surface area contributed by atoms with Gasteiger partial charge in [0.1, 0.15) is 0 Å². The molecule has 2 nitrogen and oxygen atoms in total. The minimum absolute atomic E-state index is 0. The summed E-state index contributed by atoms with van der Waals surface area (Å²) in [4.78, 5) is 2.48. The van der Waals surface area contributed by atoms with E-state index in [9.17, 15) is 0 Å². The van der Waals surface area contributed by atoms with Crippen LogP contribution < -0.4 is 10.6 Å². The van der Waals surface area contributed by atoms with E-state index in [1.807, 2.05) is 6.07 Å². The van der Waals surface area contributed by atoms with Gasteiger partial charge >= 0.3 is 0 Å². The summed E-state index contributed by atoms with van der Waals surface area (Å²) in [7, 11) is 0. The zero-order valence-electron chi connectivity index (χ0n) is 11.8. The van der Waals surface area contributed by atoms with Gasteiger partial charge in [-0.05, 0) is 43.0 Å². The molecular weight excluding hydrogens is 268 g/mol. The van der Waals surface area contributed by atoms with Gasteiger partial charge in [-0.2, -0.15) is 0 Å². The van der Waals surface area contributed by atoms with Crippen LogP contribution in [0.15, 0.2) is 48.5 Å². The van der Waals surface area contributed by atoms with Gasteiger partial charge in [-0.1, -0.05) is 36.4 Å². The molecule has 0 spiro atoms. The van der Waals surface area contributed by atoms with Gasteiger partial charge in [0.2, 0.25) is 0 Å². The number of halogens is 1. The number of fused-ring (bicyclic) bond motifs is 1. The van der Waals surface area contributed by atoms with Gasteiger partial charge in [0, 0.05) is 17.9 Å². The molecule has 0 aromatic heterocycles. The molecule has 1 atom stereocenters. The Morgan fingerprint density at radius 3 is 2.55 bits per heavy atom. The first-order valence-electron chi connectivity index (χ1n) is 6.96. The summed E-state index contributed by atoms with van der Waals surface area (Å²) in [6, 6.07) is 17.3. The molecular formula is C17H21ClN2. The highest BCUT2D eigenvalue weighted by Crippen LogP contribution is 2.36. The van der Waals surface area contributed by atoms with Crippen molar-refractivity contribution in [2.75, 3.05) is 17.2 Å². The van der Waals surface area contributed by atoms with E-state index in [-0.39, 0.29) is 12.4 Å². The fourth-order valence-electron chi connectivity index (χ4n) is 2.99. The standard InChI is InChI=1S/C17H20N2.ClH/c1-13(14-7-3-2-4-8-14)19-12-6-9-15-16(18)10-5-11-17(15)19;/h2-5,7-8,10-11,13H,6,9,12,18H2,1H3;1H. The highest BCUT2D eigenvalue weighted by atomic mass is 35.5. The monoisotopic (exact) mass is 288 g/mol. The molecule has 2 aromatic rings. The van der Waals surface area contributed by atoms with E-state index < -0.39 is 0 Å². The van der Waals surface area contributed by atoms with Crippen molar-refractivity contribution in [1.29, 1.82) is 0 Å². The Morgan fingerprint density at radius 1 is 1.05 bits per heavy atom. The highest BCUT2D eigenvalue weighted by molar-refractivity contribution is 5.85. The largest absolute Gasteiger partial charge is 0.398 e. The van der Waals surface area contributed by atoms with Crippen molar-refractivity contribution in [3.63, 3.8) is 0 Å². The van der Waals surface area contributed by atoms with Gasteiger partial charge in [-0.25, -0.2) is 0 Å². The number of rotatable bonds is 2. The summed E-state index contributed by atoms with van der Waals surface area (Å²) in [6.07, 6.45) is 2.28. The zero-order valence-corrected chi connectivity index (χ0v) is 12.6. The molecule has 1 unspecified atom stereocenters. The third-order valence-electron chi connectivity index (χ3n) is 4.07. The van der Waals surface area contributed by atoms with E-state index >= 15 is 0 Å². The second kappa shape index (κ2) is 6.19. The number of hydrogen-bond donors (Lipinski definition) is 1. The van der Waals surface area contributed by atoms with Crippen molar-refractivity contribution < 1.29 is 0 Å². The fourth-order valence-corrected chi connectivity index (χ4v) is 2.99. The van der Waals surface area contributed by atoms with Crippen LogP contribution in [-0.2, 0) is 6.42 Å². The molecule has 3 heteroatoms. The van der Waals surface area contributed by atoms with Crippen LogP contribution in [0, 0.1) is 0 Å². The van der Waals surface area contributed by atoms with Gasteiger partial charge in [0.05, 0.1) is 6.04 Å². The summed E-state index contributed by atoms with van der Waals surface area (Å²) < 4.78 is 0. The highest BCUT2D eigenvalue weighted by Gasteiger charge is 2.23. The first kappa shape index (κ1) is 14.7. The lowest BCUT2D eigenvalue weighted by molar-refractivity contribution is 0.616. The van der Waals surface area contributed by atoms with Crippen LogP contribution in [0.4, 0.5) is 11.4 Å². The van der Waals surface area contributed by atoms with Crippen molar-refractivity contribution in [1.82, 2.24) is 0 Å². The third-order valence-corrected chi connectivity index (χ3v) is 4.07. The maximum Gasteiger partial charge on any atom is 0.0514 e. The van der Waals surface area contributed by atoms with Crippen LogP contribution in [0.1, 0.15) is 30.5 Å². The molecule has 0 saturated heterocycles. The first-order valence-corrected chi connectivity index (χ1v) is 6.96. The molecule has 20 heavy (non-hydrogen) atoms. The summed E-state index contributed by atoms with van der Waals surface area (Å²) in [5.74, 6) is 0. The maximum atomic E-state index is 6.12. The molecule has 2 N–H and O–H groups in total. The average molecular weight is 289 g/mol. The van der Waals surface area contributed by atoms with E-state index in [2.05, 4.69) is 54.3 Å². The normalized spacial score (nSPS) is 15.2. The predicted molar refractivity (Wildman–Crippen MR) is 88.6 cm³/mol. The van der Waals surface area contributed by atoms with Gasteiger partial charge in [-0.15, -0.1) is 12.4 Å². The summed E-state index contributed by atoms with van der Waals surface area (Å²) in [5.41, 5.74) is 11.0. The summed E-state index contributed by atoms with van der Waals surface area (Å²) in [5, 5.41) is 0. The van der Waals surface area contributed by atoms with Crippen LogP contribution in [-0.4, -0.2) is 6.54 Å². The van der Waals surface area contributed by atoms with Crippen molar-refractivity contribution in [3.8, 4) is 0 Å². The van der Waals surface area contributed by atoms with E-state index in [1.54, 1.807) is 0 Å². The number of nitrogens with zero attached hydrogens (tertiary/aromatic N) is 1. The smallest absolute Gasteiger partial charge is 0.0514 e. The molecule has 1 aliphatic heterocycles. The van der Waals surface area contributed by atoms with Gasteiger partial charge in [0.25, 0.3) is 0 Å². The van der Waals surface area contributed by atoms with Crippen LogP contribution in [0.3, 0.4) is 0 Å². The lowest BCUT2D eigenvalue weighted by Gasteiger charge is -2.37. The van der Waals surface area contributed by atoms with Crippen LogP contribution in [0.5, 0.6) is 0 Å². The lowest BCUT2D eigenvalue weighted by Crippen LogP contribution is -2.32. The summed E-state index contributed by atoms with van der Waals surface area (Å²) >= 11 is 0. The molecule has 1 heterocycles. The molecule has 0 bridgehead atoms. The quantitative estimate of drug-likeness (QED) is 0.839. The van der Waals surface area contributed by atoms with Crippen LogP contribution in [0.25, 0.3) is 0 Å². The summed E-state index contributed by atoms with van der Waals surface area (Å²) in [6.45, 7) is 3.38. The van der Waals surface area contributed by atoms with E-state index in [0.717, 1.165) is 18.7 Å². The minimum Gasteiger partial charge on any atom is -0.398 e. The average Bonchev–Trinajstić information content (AvgIpc) is 2.47. The molecule has 106 valence electrons. The SMILES string of the molecule is CC(c1ccccc1)N1CCCc2c(N)cccc21.Cl. The topological polar surface area (TPSA) is 29.3 Å². The number of nitrogens with two attached hydrogens (primary N) is 1. The Hall–Kier alpha value is -1.67. The fraction of sp³-hybridized carbons (Fsp3) is 0.294. The Labute approximate surface area is 127 Å². The van der Waals surface area contributed by atoms with E-state index in [0.29, 0.717) is 6.04 Å². The van der Waals surface area contributed by atoms with Crippen molar-refractivity contribution in [2.24, 2.45) is 0 Å². The number of anilines is 2. The molecule has 2 aromatic carbocycles. The molecule has 0 saturated carbocycles. The molecule has 3 rings (SSSR count). The maximum absolute atomic E-state index is 6.12. The second-order valence-corrected chi connectivity index (χ2v) is 5.23. The number of benzene rings is 2. The van der Waals surface area contributed by atoms with Gasteiger partial charge in [0.15, 0.2) is 0 Å². The molecule has 0 fully saturated rings. The Kier molecular flexibility index (Phi) is 4.56. The second-order valence-electron chi connectivity index (χ2n) is 5.23. The van der Waals surface area contributed by atoms with Crippen molar-refractivity contribution in [2.45, 2.75) is 25.8 Å². The van der Waals surface area contributed by atoms with E-state index in [1.165, 1.54) is 23.2 Å². The zero-order chi connectivity index (χ0) is 13.2. The number of nitrogen functional groups attached to an aromatic ring is 1. The van der Waals surface area contributed by atoms with Crippen LogP contribution in [0.2, 0.25) is 0 Å². The minimum atomic E-state index is 0. The molecule has 0 amide bonds. The van der Waals surface area contributed by atoms with E-state index in [4.69, 9.17) is 5.73 Å². The predicted octanol–water partition coefficient (Wildman–Crippen LogP) is 4.20. The third kappa shape index (κ3) is 2.61. The van der Waals surface area contributed by atoms with Crippen LogP contribution >= 0.6 is 12.4 Å². The lowest BCUT2D eigenvalue weighted by atomic mass is 9.96.